The van der Waals surface area contributed by atoms with E-state index in [-0.39, 0.29) is 18.6 Å². The van der Waals surface area contributed by atoms with Crippen molar-refractivity contribution in [2.45, 2.75) is 93.8 Å². The highest BCUT2D eigenvalue weighted by Gasteiger charge is 2.44. The second-order valence-electron chi connectivity index (χ2n) is 15.3. The van der Waals surface area contributed by atoms with Crippen molar-refractivity contribution in [1.29, 1.82) is 0 Å². The molecule has 0 radical (unpaired) electrons. The van der Waals surface area contributed by atoms with Gasteiger partial charge in [-0.25, -0.2) is 4.79 Å². The van der Waals surface area contributed by atoms with Gasteiger partial charge in [0.25, 0.3) is 0 Å². The van der Waals surface area contributed by atoms with Crippen molar-refractivity contribution in [2.24, 2.45) is 17.6 Å². The highest BCUT2D eigenvalue weighted by molar-refractivity contribution is 7.99. The number of fused-ring (bicyclic) bond motifs is 5. The van der Waals surface area contributed by atoms with Gasteiger partial charge in [0.05, 0.1) is 30.6 Å². The summed E-state index contributed by atoms with van der Waals surface area (Å²) in [6.07, 6.45) is -2.11. The zero-order valence-corrected chi connectivity index (χ0v) is 34.6. The molecule has 4 heterocycles. The molecule has 0 aliphatic carbocycles. The Morgan fingerprint density at radius 1 is 0.885 bits per heavy atom. The molecule has 3 aliphatic rings. The van der Waals surface area contributed by atoms with Crippen molar-refractivity contribution in [3.8, 4) is 0 Å². The number of aromatic nitrogens is 1. The Labute approximate surface area is 353 Å². The lowest BCUT2D eigenvalue weighted by Crippen LogP contribution is -2.59. The average molecular weight is 873 g/mol. The van der Waals surface area contributed by atoms with Gasteiger partial charge in [0, 0.05) is 48.6 Å². The summed E-state index contributed by atoms with van der Waals surface area (Å²) in [5.74, 6) is -9.88. The number of H-pyrrole nitrogens is 1. The number of aromatic amines is 1. The number of hydroxylamine groups is 1. The number of benzene rings is 1. The minimum Gasteiger partial charge on any atom is -0.396 e. The zero-order valence-electron chi connectivity index (χ0n) is 33.8. The third-order valence-corrected chi connectivity index (χ3v) is 11.9. The first-order valence-corrected chi connectivity index (χ1v) is 20.8. The molecule has 0 saturated carbocycles. The summed E-state index contributed by atoms with van der Waals surface area (Å²) in [6, 6.07) is -1.79. The number of rotatable bonds is 6. The molecule has 332 valence electrons. The van der Waals surface area contributed by atoms with Crippen LogP contribution in [0, 0.1) is 11.8 Å². The average Bonchev–Trinajstić information content (AvgIpc) is 3.80. The Bertz CT molecular complexity index is 2030. The van der Waals surface area contributed by atoms with Gasteiger partial charge in [-0.05, 0) is 17.5 Å². The standard InChI is InChI=1S/C38H52N10O12S/c1-4-17(2)30-35(57)41-12-28(52)42-25-16-61-36-21(20-7-5-6-8-22(20)44-36)10-23(32(54)40-13-29(53)45-30)47-60-38(59)31(18(3)15-49)46-34(56)26-9-19(50)14-48(26)37(58)24(11-27(39)51)43-33(25)55/h5-8,17-19,23-26,30-31,44,47,49-50H,4,9-16H2,1-3H3,(H2,39,51)(H,40,54)(H,41,57)(H,42,52)(H,43,55)(H,45,53)(H,46,56)/t17?,18-,19?,23?,24?,25?,26?,30?,31-/m0/s1. The maximum absolute atomic E-state index is 14.2. The van der Waals surface area contributed by atoms with Crippen molar-refractivity contribution >= 4 is 75.9 Å². The lowest BCUT2D eigenvalue weighted by atomic mass is 9.98. The highest BCUT2D eigenvalue weighted by atomic mass is 32.2. The van der Waals surface area contributed by atoms with E-state index in [2.05, 4.69) is 42.4 Å². The van der Waals surface area contributed by atoms with Crippen LogP contribution in [0.15, 0.2) is 29.3 Å². The summed E-state index contributed by atoms with van der Waals surface area (Å²) in [5, 5.41) is 36.8. The third-order valence-electron chi connectivity index (χ3n) is 10.8. The number of para-hydroxylation sites is 1. The van der Waals surface area contributed by atoms with Gasteiger partial charge in [0.2, 0.25) is 47.3 Å². The van der Waals surface area contributed by atoms with E-state index >= 15 is 0 Å². The number of thioether (sulfide) groups is 1. The number of carbonyl (C=O) groups is 9. The number of hydrogen-bond acceptors (Lipinski definition) is 14. The molecule has 12 N–H and O–H groups in total. The summed E-state index contributed by atoms with van der Waals surface area (Å²) in [5.41, 5.74) is 9.05. The largest absolute Gasteiger partial charge is 0.396 e. The number of nitrogens with zero attached hydrogens (tertiary/aromatic N) is 1. The highest BCUT2D eigenvalue weighted by Crippen LogP contribution is 2.32. The van der Waals surface area contributed by atoms with Crippen molar-refractivity contribution in [3.05, 3.63) is 29.8 Å². The summed E-state index contributed by atoms with van der Waals surface area (Å²) in [6.45, 7) is 2.59. The van der Waals surface area contributed by atoms with Crippen molar-refractivity contribution in [2.75, 3.05) is 32.0 Å². The van der Waals surface area contributed by atoms with Gasteiger partial charge in [0.15, 0.2) is 0 Å². The van der Waals surface area contributed by atoms with Crippen LogP contribution in [0.3, 0.4) is 0 Å². The number of nitrogens with one attached hydrogen (secondary N) is 8. The van der Waals surface area contributed by atoms with Crippen LogP contribution in [0.25, 0.3) is 10.9 Å². The van der Waals surface area contributed by atoms with Crippen molar-refractivity contribution in [3.63, 3.8) is 0 Å². The molecule has 1 aromatic carbocycles. The fraction of sp³-hybridized carbons (Fsp3) is 0.553. The Balaban J connectivity index is 1.65. The molecule has 5 rings (SSSR count). The van der Waals surface area contributed by atoms with Crippen LogP contribution in [0.4, 0.5) is 0 Å². The molecule has 2 bridgehead atoms. The summed E-state index contributed by atoms with van der Waals surface area (Å²) < 4.78 is 0. The molecule has 2 aromatic rings. The number of hydrogen-bond donors (Lipinski definition) is 11. The number of aliphatic hydroxyl groups excluding tert-OH is 2. The molecule has 7 unspecified atom stereocenters. The first kappa shape index (κ1) is 46.3. The second kappa shape index (κ2) is 20.7. The van der Waals surface area contributed by atoms with Crippen LogP contribution < -0.4 is 43.1 Å². The van der Waals surface area contributed by atoms with E-state index in [9.17, 15) is 53.4 Å². The van der Waals surface area contributed by atoms with Crippen LogP contribution in [-0.2, 0) is 54.4 Å². The van der Waals surface area contributed by atoms with Gasteiger partial charge < -0.3 is 62.6 Å². The molecule has 22 nitrogen and oxygen atoms in total. The van der Waals surface area contributed by atoms with Gasteiger partial charge in [-0.1, -0.05) is 45.4 Å². The van der Waals surface area contributed by atoms with E-state index in [0.29, 0.717) is 27.9 Å². The minimum atomic E-state index is -1.70. The van der Waals surface area contributed by atoms with Gasteiger partial charge in [-0.15, -0.1) is 17.2 Å². The van der Waals surface area contributed by atoms with Gasteiger partial charge in [-0.2, -0.15) is 0 Å². The number of carbonyl (C=O) groups excluding carboxylic acids is 9. The summed E-state index contributed by atoms with van der Waals surface area (Å²) in [4.78, 5) is 132. The SMILES string of the molecule is CCC(C)C1NC(=O)CNC(=O)C2Cc3c([nH]c4ccccc34)SCC(NC(=O)CNC1=O)C(=O)NC(CC(N)=O)C(=O)N1CC(O)CC1C(=O)N[C@@H]([C@@H](C)CO)C(=O)ON2. The lowest BCUT2D eigenvalue weighted by Gasteiger charge is -2.30. The van der Waals surface area contributed by atoms with E-state index in [0.717, 1.165) is 16.7 Å². The van der Waals surface area contributed by atoms with E-state index in [1.807, 2.05) is 0 Å². The Hall–Kier alpha value is -5.78. The number of primary amides is 1. The summed E-state index contributed by atoms with van der Waals surface area (Å²) in [7, 11) is 0. The number of nitrogens with two attached hydrogens (primary N) is 1. The molecule has 3 aliphatic heterocycles. The molecule has 9 atom stereocenters. The molecular formula is C38H52N10O12S. The lowest BCUT2D eigenvalue weighted by molar-refractivity contribution is -0.160. The Morgan fingerprint density at radius 2 is 1.57 bits per heavy atom. The Morgan fingerprint density at radius 3 is 2.26 bits per heavy atom. The Kier molecular flexibility index (Phi) is 15.7. The minimum absolute atomic E-state index is 0.217. The van der Waals surface area contributed by atoms with E-state index < -0.39 is 140 Å². The number of amides is 8. The zero-order chi connectivity index (χ0) is 44.5. The molecule has 8 amide bonds. The first-order chi connectivity index (χ1) is 29.0. The predicted molar refractivity (Wildman–Crippen MR) is 215 cm³/mol. The van der Waals surface area contributed by atoms with Gasteiger partial charge in [0.1, 0.15) is 36.3 Å². The van der Waals surface area contributed by atoms with Crippen molar-refractivity contribution in [1.82, 2.24) is 47.3 Å². The van der Waals surface area contributed by atoms with E-state index in [4.69, 9.17) is 10.6 Å². The topological polar surface area (TPSA) is 333 Å². The first-order valence-electron chi connectivity index (χ1n) is 19.8. The molecule has 61 heavy (non-hydrogen) atoms. The predicted octanol–water partition coefficient (Wildman–Crippen LogP) is -4.07. The van der Waals surface area contributed by atoms with Crippen LogP contribution >= 0.6 is 11.8 Å². The maximum atomic E-state index is 14.2. The van der Waals surface area contributed by atoms with E-state index in [1.54, 1.807) is 38.1 Å². The van der Waals surface area contributed by atoms with Crippen LogP contribution in [-0.4, -0.2) is 148 Å². The quantitative estimate of drug-likeness (QED) is 0.132. The molecule has 1 fully saturated rings. The molecule has 1 saturated heterocycles. The molecule has 23 heteroatoms. The van der Waals surface area contributed by atoms with Crippen LogP contribution in [0.5, 0.6) is 0 Å². The number of aliphatic hydroxyl groups is 2. The maximum Gasteiger partial charge on any atom is 0.347 e. The fourth-order valence-electron chi connectivity index (χ4n) is 7.14. The molecule has 1 aromatic heterocycles. The monoisotopic (exact) mass is 872 g/mol. The smallest absolute Gasteiger partial charge is 0.347 e. The fourth-order valence-corrected chi connectivity index (χ4v) is 8.26. The normalized spacial score (nSPS) is 27.8. The molecule has 0 spiro atoms. The van der Waals surface area contributed by atoms with Crippen LogP contribution in [0.1, 0.15) is 45.6 Å². The van der Waals surface area contributed by atoms with Crippen LogP contribution in [0.2, 0.25) is 0 Å². The van der Waals surface area contributed by atoms with Crippen molar-refractivity contribution < 1.29 is 58.2 Å². The second-order valence-corrected chi connectivity index (χ2v) is 16.4. The third kappa shape index (κ3) is 11.5. The molecular weight excluding hydrogens is 821 g/mol. The summed E-state index contributed by atoms with van der Waals surface area (Å²) >= 11 is 1.04. The van der Waals surface area contributed by atoms with Gasteiger partial charge >= 0.3 is 5.97 Å². The van der Waals surface area contributed by atoms with E-state index in [1.165, 1.54) is 6.92 Å². The van der Waals surface area contributed by atoms with Gasteiger partial charge in [-0.3, -0.25) is 38.4 Å².